The molecule has 0 radical (unpaired) electrons. The first-order valence-corrected chi connectivity index (χ1v) is 4.00. The summed E-state index contributed by atoms with van der Waals surface area (Å²) in [5.74, 6) is 0. The molecule has 2 N–H and O–H groups in total. The van der Waals surface area contributed by atoms with E-state index in [9.17, 15) is 17.7 Å². The van der Waals surface area contributed by atoms with Crippen LogP contribution in [0.2, 0.25) is 0 Å². The summed E-state index contributed by atoms with van der Waals surface area (Å²) < 4.78 is 46.6. The standard InChI is InChI=1S/C2H4F3O4P.C2H4/c3-1-2(4,5)9-10(6,7)8;1-2/h1H2,(H2,6,7,8);1-2H2. The van der Waals surface area contributed by atoms with Crippen molar-refractivity contribution < 1.29 is 32.0 Å². The molecule has 0 atom stereocenters. The molecule has 0 fully saturated rings. The molecule has 0 spiro atoms. The number of hydrogen-bond donors (Lipinski definition) is 2. The first-order chi connectivity index (χ1) is 5.27. The molecule has 0 saturated heterocycles. The van der Waals surface area contributed by atoms with Crippen molar-refractivity contribution >= 4 is 7.82 Å². The largest absolute Gasteiger partial charge is 0.474 e. The molecule has 0 aromatic rings. The van der Waals surface area contributed by atoms with E-state index in [1.807, 2.05) is 0 Å². The monoisotopic (exact) mass is 208 g/mol. The van der Waals surface area contributed by atoms with Crippen LogP contribution in [0.25, 0.3) is 0 Å². The van der Waals surface area contributed by atoms with Gasteiger partial charge in [0.1, 0.15) is 0 Å². The van der Waals surface area contributed by atoms with Gasteiger partial charge in [-0.1, -0.05) is 0 Å². The van der Waals surface area contributed by atoms with Crippen LogP contribution < -0.4 is 0 Å². The Hall–Kier alpha value is -0.360. The molecule has 0 aromatic heterocycles. The number of rotatable bonds is 3. The zero-order chi connectivity index (χ0) is 10.4. The summed E-state index contributed by atoms with van der Waals surface area (Å²) in [5, 5.41) is 0. The van der Waals surface area contributed by atoms with Gasteiger partial charge in [-0.05, 0) is 0 Å². The number of alkyl halides is 3. The lowest BCUT2D eigenvalue weighted by Gasteiger charge is -2.12. The lowest BCUT2D eigenvalue weighted by atomic mass is 10.7. The van der Waals surface area contributed by atoms with Crippen molar-refractivity contribution in [2.24, 2.45) is 0 Å². The van der Waals surface area contributed by atoms with Crippen LogP contribution in [0.15, 0.2) is 13.2 Å². The van der Waals surface area contributed by atoms with Gasteiger partial charge in [0.25, 0.3) is 0 Å². The predicted octanol–water partition coefficient (Wildman–Crippen LogP) is 1.46. The minimum atomic E-state index is -5.29. The van der Waals surface area contributed by atoms with Crippen molar-refractivity contribution in [1.82, 2.24) is 0 Å². The highest BCUT2D eigenvalue weighted by Crippen LogP contribution is 2.42. The van der Waals surface area contributed by atoms with E-state index in [4.69, 9.17) is 9.79 Å². The summed E-state index contributed by atoms with van der Waals surface area (Å²) >= 11 is 0. The fourth-order valence-electron chi connectivity index (χ4n) is 0.198. The first kappa shape index (κ1) is 14.2. The van der Waals surface area contributed by atoms with Crippen LogP contribution in [0.4, 0.5) is 13.2 Å². The molecule has 74 valence electrons. The Kier molecular flexibility index (Phi) is 6.28. The van der Waals surface area contributed by atoms with Crippen molar-refractivity contribution in [2.45, 2.75) is 6.11 Å². The van der Waals surface area contributed by atoms with Gasteiger partial charge in [0, 0.05) is 0 Å². The van der Waals surface area contributed by atoms with E-state index in [-0.39, 0.29) is 0 Å². The van der Waals surface area contributed by atoms with Crippen molar-refractivity contribution in [3.05, 3.63) is 13.2 Å². The minimum absolute atomic E-state index is 2.27. The Morgan fingerprint density at radius 1 is 1.42 bits per heavy atom. The van der Waals surface area contributed by atoms with E-state index in [0.29, 0.717) is 0 Å². The lowest BCUT2D eigenvalue weighted by molar-refractivity contribution is -0.196. The zero-order valence-corrected chi connectivity index (χ0v) is 6.81. The van der Waals surface area contributed by atoms with Crippen molar-refractivity contribution in [1.29, 1.82) is 0 Å². The summed E-state index contributed by atoms with van der Waals surface area (Å²) in [5.41, 5.74) is 0. The number of halogens is 3. The topological polar surface area (TPSA) is 66.8 Å². The molecule has 8 heteroatoms. The SMILES string of the molecule is C=C.O=P(O)(O)OC(F)(F)CF. The van der Waals surface area contributed by atoms with Gasteiger partial charge < -0.3 is 9.79 Å². The van der Waals surface area contributed by atoms with E-state index in [0.717, 1.165) is 0 Å². The molecule has 0 heterocycles. The molecule has 0 unspecified atom stereocenters. The summed E-state index contributed by atoms with van der Waals surface area (Å²) in [6, 6.07) is 0. The maximum atomic E-state index is 11.6. The van der Waals surface area contributed by atoms with E-state index < -0.39 is 20.6 Å². The second-order valence-corrected chi connectivity index (χ2v) is 2.52. The Labute approximate surface area is 66.9 Å². The van der Waals surface area contributed by atoms with Gasteiger partial charge in [0.05, 0.1) is 0 Å². The zero-order valence-electron chi connectivity index (χ0n) is 5.91. The molecule has 0 aliphatic rings. The molecule has 0 rings (SSSR count). The molecule has 0 aliphatic heterocycles. The Balaban J connectivity index is 0. The van der Waals surface area contributed by atoms with Crippen LogP contribution in [0.3, 0.4) is 0 Å². The van der Waals surface area contributed by atoms with E-state index in [2.05, 4.69) is 17.7 Å². The normalized spacial score (nSPS) is 11.8. The molecule has 0 aromatic carbocycles. The number of hydrogen-bond acceptors (Lipinski definition) is 2. The van der Waals surface area contributed by atoms with Crippen LogP contribution in [-0.4, -0.2) is 22.6 Å². The molecule has 0 amide bonds. The third-order valence-corrected chi connectivity index (χ3v) is 0.913. The molecule has 0 saturated carbocycles. The van der Waals surface area contributed by atoms with Gasteiger partial charge in [-0.25, -0.2) is 13.5 Å². The average Bonchev–Trinajstić information content (AvgIpc) is 1.88. The Morgan fingerprint density at radius 3 is 1.83 bits per heavy atom. The second kappa shape index (κ2) is 5.31. The third-order valence-electron chi connectivity index (χ3n) is 0.408. The highest BCUT2D eigenvalue weighted by atomic mass is 31.2. The third kappa shape index (κ3) is 9.64. The van der Waals surface area contributed by atoms with Crippen LogP contribution in [-0.2, 0) is 9.09 Å². The molecular formula is C4H8F3O4P. The highest BCUT2D eigenvalue weighted by Gasteiger charge is 2.38. The minimum Gasteiger partial charge on any atom is -0.303 e. The van der Waals surface area contributed by atoms with Crippen LogP contribution in [0.1, 0.15) is 0 Å². The average molecular weight is 208 g/mol. The van der Waals surface area contributed by atoms with Crippen LogP contribution >= 0.6 is 7.82 Å². The van der Waals surface area contributed by atoms with Gasteiger partial charge in [-0.15, -0.1) is 13.2 Å². The summed E-state index contributed by atoms with van der Waals surface area (Å²) in [6.45, 7) is 3.73. The second-order valence-electron chi connectivity index (χ2n) is 1.35. The van der Waals surface area contributed by atoms with Gasteiger partial charge in [-0.2, -0.15) is 8.78 Å². The van der Waals surface area contributed by atoms with Gasteiger partial charge in [-0.3, -0.25) is 0 Å². The van der Waals surface area contributed by atoms with Gasteiger partial charge >= 0.3 is 13.9 Å². The van der Waals surface area contributed by atoms with Crippen LogP contribution in [0.5, 0.6) is 0 Å². The summed E-state index contributed by atoms with van der Waals surface area (Å²) in [7, 11) is -5.29. The van der Waals surface area contributed by atoms with Crippen LogP contribution in [0, 0.1) is 0 Å². The number of phosphoric ester groups is 1. The fourth-order valence-corrected chi connectivity index (χ4v) is 0.595. The Morgan fingerprint density at radius 2 is 1.75 bits per heavy atom. The maximum absolute atomic E-state index is 11.6. The maximum Gasteiger partial charge on any atom is 0.474 e. The molecule has 0 bridgehead atoms. The molecule has 12 heavy (non-hydrogen) atoms. The predicted molar refractivity (Wildman–Crippen MR) is 35.3 cm³/mol. The van der Waals surface area contributed by atoms with Crippen molar-refractivity contribution in [2.75, 3.05) is 6.67 Å². The van der Waals surface area contributed by atoms with E-state index in [1.54, 1.807) is 0 Å². The van der Waals surface area contributed by atoms with Gasteiger partial charge in [0.15, 0.2) is 6.67 Å². The fraction of sp³-hybridized carbons (Fsp3) is 0.500. The Bertz CT molecular complexity index is 168. The lowest BCUT2D eigenvalue weighted by Crippen LogP contribution is -2.21. The quantitative estimate of drug-likeness (QED) is 0.544. The van der Waals surface area contributed by atoms with Crippen molar-refractivity contribution in [3.63, 3.8) is 0 Å². The van der Waals surface area contributed by atoms with E-state index >= 15 is 0 Å². The molecular weight excluding hydrogens is 200 g/mol. The highest BCUT2D eigenvalue weighted by molar-refractivity contribution is 7.46. The van der Waals surface area contributed by atoms with Gasteiger partial charge in [0.2, 0.25) is 0 Å². The number of phosphoric acid groups is 1. The summed E-state index contributed by atoms with van der Waals surface area (Å²) in [4.78, 5) is 15.5. The van der Waals surface area contributed by atoms with Crippen molar-refractivity contribution in [3.8, 4) is 0 Å². The first-order valence-electron chi connectivity index (χ1n) is 2.47. The van der Waals surface area contributed by atoms with E-state index in [1.165, 1.54) is 0 Å². The smallest absolute Gasteiger partial charge is 0.303 e. The molecule has 4 nitrogen and oxygen atoms in total. The summed E-state index contributed by atoms with van der Waals surface area (Å²) in [6.07, 6.45) is -4.40. The molecule has 0 aliphatic carbocycles.